The van der Waals surface area contributed by atoms with Gasteiger partial charge in [-0.2, -0.15) is 0 Å². The molecular formula is C47H35N3O. The van der Waals surface area contributed by atoms with Gasteiger partial charge in [-0.25, -0.2) is 15.0 Å². The van der Waals surface area contributed by atoms with Crippen molar-refractivity contribution in [1.82, 2.24) is 15.0 Å². The molecule has 4 heteroatoms. The number of allylic oxidation sites excluding steroid dienone is 5. The van der Waals surface area contributed by atoms with Crippen LogP contribution >= 0.6 is 0 Å². The second-order valence-corrected chi connectivity index (χ2v) is 13.8. The first kappa shape index (κ1) is 29.8. The highest BCUT2D eigenvalue weighted by atomic mass is 16.3. The van der Waals surface area contributed by atoms with Crippen molar-refractivity contribution < 1.29 is 4.42 Å². The maximum absolute atomic E-state index is 6.70. The van der Waals surface area contributed by atoms with Crippen LogP contribution < -0.4 is 10.4 Å². The molecule has 2 atom stereocenters. The third kappa shape index (κ3) is 5.35. The SMILES string of the molecule is C1=CC(c2nc(C3=CCCc4oc5c(-c6ccccc6)cccc5c43)nc(-c3ccc4ccccc4c3)n2)=CC(C2C=c3ccccc3=CC2)C1. The summed E-state index contributed by atoms with van der Waals surface area (Å²) in [5.74, 6) is 3.82. The number of para-hydroxylation sites is 1. The van der Waals surface area contributed by atoms with Gasteiger partial charge < -0.3 is 4.42 Å². The van der Waals surface area contributed by atoms with E-state index in [1.807, 2.05) is 6.07 Å². The molecule has 0 N–H and O–H groups in total. The lowest BCUT2D eigenvalue weighted by Gasteiger charge is -2.25. The van der Waals surface area contributed by atoms with Crippen LogP contribution in [0.3, 0.4) is 0 Å². The minimum atomic E-state index is 0.355. The van der Waals surface area contributed by atoms with Crippen LogP contribution in [0.15, 0.2) is 144 Å². The van der Waals surface area contributed by atoms with E-state index in [1.54, 1.807) is 0 Å². The van der Waals surface area contributed by atoms with Crippen molar-refractivity contribution in [2.24, 2.45) is 11.8 Å². The highest BCUT2D eigenvalue weighted by molar-refractivity contribution is 6.02. The molecule has 4 nitrogen and oxygen atoms in total. The molecule has 0 spiro atoms. The molecule has 51 heavy (non-hydrogen) atoms. The van der Waals surface area contributed by atoms with E-state index in [2.05, 4.69) is 146 Å². The minimum absolute atomic E-state index is 0.355. The summed E-state index contributed by atoms with van der Waals surface area (Å²) in [5, 5.41) is 6.09. The Morgan fingerprint density at radius 3 is 2.29 bits per heavy atom. The van der Waals surface area contributed by atoms with Gasteiger partial charge in [-0.3, -0.25) is 0 Å². The Balaban J connectivity index is 1.12. The van der Waals surface area contributed by atoms with E-state index in [1.165, 1.54) is 15.8 Å². The Morgan fingerprint density at radius 2 is 1.37 bits per heavy atom. The molecule has 244 valence electrons. The van der Waals surface area contributed by atoms with Crippen LogP contribution in [-0.4, -0.2) is 15.0 Å². The zero-order valence-corrected chi connectivity index (χ0v) is 28.2. The fraction of sp³-hybridized carbons (Fsp3) is 0.128. The Kier molecular flexibility index (Phi) is 7.19. The topological polar surface area (TPSA) is 51.8 Å². The van der Waals surface area contributed by atoms with Gasteiger partial charge in [0, 0.05) is 39.6 Å². The number of benzene rings is 5. The van der Waals surface area contributed by atoms with E-state index in [0.717, 1.165) is 81.2 Å². The predicted molar refractivity (Wildman–Crippen MR) is 208 cm³/mol. The number of hydrogen-bond donors (Lipinski definition) is 0. The predicted octanol–water partition coefficient (Wildman–Crippen LogP) is 9.72. The maximum atomic E-state index is 6.70. The molecule has 2 aromatic heterocycles. The first-order valence-corrected chi connectivity index (χ1v) is 18.0. The normalized spacial score (nSPS) is 18.0. The highest BCUT2D eigenvalue weighted by Crippen LogP contribution is 2.42. The molecule has 0 aliphatic heterocycles. The monoisotopic (exact) mass is 657 g/mol. The standard InChI is InChI=1S/C47H35N3O/c1-2-13-32(14-3-1)39-19-9-20-40-43-41(21-10-22-42(43)51-44(39)40)47-49-45(48-46(50-47)38-26-24-31-12-5-7-16-34(31)28-38)37-18-8-17-35(29-37)36-25-23-30-11-4-6-15-33(30)27-36/h1-9,11-16,18-21,23-24,26-29,35-36H,10,17,22,25H2. The molecular weight excluding hydrogens is 623 g/mol. The van der Waals surface area contributed by atoms with Crippen LogP contribution in [0, 0.1) is 11.8 Å². The molecule has 0 amide bonds. The van der Waals surface area contributed by atoms with Gasteiger partial charge in [0.2, 0.25) is 0 Å². The third-order valence-corrected chi connectivity index (χ3v) is 10.7. The van der Waals surface area contributed by atoms with Crippen molar-refractivity contribution in [1.29, 1.82) is 0 Å². The molecule has 0 fully saturated rings. The average Bonchev–Trinajstić information content (AvgIpc) is 3.60. The fourth-order valence-electron chi connectivity index (χ4n) is 8.08. The number of hydrogen-bond acceptors (Lipinski definition) is 4. The molecule has 5 aromatic carbocycles. The molecule has 7 aromatic rings. The molecule has 3 aliphatic rings. The lowest BCUT2D eigenvalue weighted by molar-refractivity contribution is 0.510. The largest absolute Gasteiger partial charge is 0.460 e. The summed E-state index contributed by atoms with van der Waals surface area (Å²) >= 11 is 0. The van der Waals surface area contributed by atoms with E-state index >= 15 is 0 Å². The summed E-state index contributed by atoms with van der Waals surface area (Å²) in [6.45, 7) is 0. The van der Waals surface area contributed by atoms with Gasteiger partial charge in [-0.15, -0.1) is 0 Å². The van der Waals surface area contributed by atoms with Gasteiger partial charge >= 0.3 is 0 Å². The smallest absolute Gasteiger partial charge is 0.164 e. The minimum Gasteiger partial charge on any atom is -0.460 e. The van der Waals surface area contributed by atoms with Gasteiger partial charge in [0.05, 0.1) is 0 Å². The lowest BCUT2D eigenvalue weighted by atomic mass is 9.80. The number of furan rings is 1. The summed E-state index contributed by atoms with van der Waals surface area (Å²) in [6, 6.07) is 40.5. The molecule has 0 saturated heterocycles. The first-order chi connectivity index (χ1) is 25.2. The van der Waals surface area contributed by atoms with Crippen molar-refractivity contribution in [3.05, 3.63) is 173 Å². The second-order valence-electron chi connectivity index (χ2n) is 13.8. The van der Waals surface area contributed by atoms with E-state index in [4.69, 9.17) is 19.4 Å². The number of aryl methyl sites for hydroxylation is 1. The zero-order chi connectivity index (χ0) is 33.7. The molecule has 2 unspecified atom stereocenters. The van der Waals surface area contributed by atoms with Crippen LogP contribution in [0.2, 0.25) is 0 Å². The van der Waals surface area contributed by atoms with Crippen LogP contribution in [0.1, 0.15) is 42.2 Å². The van der Waals surface area contributed by atoms with Crippen molar-refractivity contribution in [2.75, 3.05) is 0 Å². The maximum Gasteiger partial charge on any atom is 0.164 e. The van der Waals surface area contributed by atoms with Gasteiger partial charge in [0.15, 0.2) is 17.5 Å². The molecule has 0 bridgehead atoms. The average molecular weight is 658 g/mol. The lowest BCUT2D eigenvalue weighted by Crippen LogP contribution is -2.30. The number of nitrogens with zero attached hydrogens (tertiary/aromatic N) is 3. The molecule has 10 rings (SSSR count). The zero-order valence-electron chi connectivity index (χ0n) is 28.2. The first-order valence-electron chi connectivity index (χ1n) is 18.0. The summed E-state index contributed by atoms with van der Waals surface area (Å²) in [7, 11) is 0. The van der Waals surface area contributed by atoms with Crippen LogP contribution in [0.5, 0.6) is 0 Å². The van der Waals surface area contributed by atoms with Crippen molar-refractivity contribution >= 4 is 45.0 Å². The van der Waals surface area contributed by atoms with Crippen LogP contribution in [0.4, 0.5) is 0 Å². The summed E-state index contributed by atoms with van der Waals surface area (Å²) in [5.41, 5.74) is 7.27. The van der Waals surface area contributed by atoms with Gasteiger partial charge in [-0.1, -0.05) is 146 Å². The highest BCUT2D eigenvalue weighted by Gasteiger charge is 2.27. The van der Waals surface area contributed by atoms with E-state index in [-0.39, 0.29) is 0 Å². The Labute approximate surface area is 296 Å². The quantitative estimate of drug-likeness (QED) is 0.185. The van der Waals surface area contributed by atoms with Gasteiger partial charge in [0.25, 0.3) is 0 Å². The molecule has 3 aliphatic carbocycles. The van der Waals surface area contributed by atoms with Crippen LogP contribution in [0.25, 0.3) is 67.6 Å². The van der Waals surface area contributed by atoms with Gasteiger partial charge in [0.1, 0.15) is 11.3 Å². The molecule has 2 heterocycles. The summed E-state index contributed by atoms with van der Waals surface area (Å²) in [4.78, 5) is 15.7. The summed E-state index contributed by atoms with van der Waals surface area (Å²) in [6.07, 6.45) is 17.7. The Bertz CT molecular complexity index is 2710. The van der Waals surface area contributed by atoms with Crippen molar-refractivity contribution in [3.8, 4) is 22.5 Å². The second kappa shape index (κ2) is 12.3. The Morgan fingerprint density at radius 1 is 0.588 bits per heavy atom. The van der Waals surface area contributed by atoms with Crippen molar-refractivity contribution in [3.63, 3.8) is 0 Å². The van der Waals surface area contributed by atoms with E-state index in [0.29, 0.717) is 29.3 Å². The molecule has 0 radical (unpaired) electrons. The van der Waals surface area contributed by atoms with E-state index < -0.39 is 0 Å². The molecule has 0 saturated carbocycles. The third-order valence-electron chi connectivity index (χ3n) is 10.7. The van der Waals surface area contributed by atoms with Crippen molar-refractivity contribution in [2.45, 2.75) is 25.7 Å². The van der Waals surface area contributed by atoms with Crippen LogP contribution in [-0.2, 0) is 6.42 Å². The van der Waals surface area contributed by atoms with Gasteiger partial charge in [-0.05, 0) is 63.9 Å². The van der Waals surface area contributed by atoms with E-state index in [9.17, 15) is 0 Å². The number of aromatic nitrogens is 3. The Hall–Kier alpha value is -6.13. The summed E-state index contributed by atoms with van der Waals surface area (Å²) < 4.78 is 6.70. The fourth-order valence-corrected chi connectivity index (χ4v) is 8.08. The number of rotatable bonds is 5. The number of fused-ring (bicyclic) bond motifs is 5.